The molecule has 1 N–H and O–H groups in total. The number of amides is 2. The van der Waals surface area contributed by atoms with Crippen LogP contribution in [-0.2, 0) is 19.1 Å². The highest BCUT2D eigenvalue weighted by Crippen LogP contribution is 2.67. The smallest absolute Gasteiger partial charge is 0.310 e. The van der Waals surface area contributed by atoms with Gasteiger partial charge in [0.2, 0.25) is 5.91 Å². The molecule has 3 heterocycles. The molecular weight excluding hydrogens is 512 g/mol. The minimum atomic E-state index is -0.806. The Morgan fingerprint density at radius 1 is 1.23 bits per heavy atom. The number of aliphatic hydroxyl groups is 1. The second-order valence-electron chi connectivity index (χ2n) is 10.6. The fourth-order valence-electron chi connectivity index (χ4n) is 6.73. The van der Waals surface area contributed by atoms with Crippen molar-refractivity contribution in [1.82, 2.24) is 4.90 Å². The van der Waals surface area contributed by atoms with E-state index in [1.165, 1.54) is 0 Å². The molecule has 2 unspecified atom stereocenters. The molecule has 3 fully saturated rings. The summed E-state index contributed by atoms with van der Waals surface area (Å²) in [6, 6.07) is 12.5. The third-order valence-corrected chi connectivity index (χ3v) is 10.5. The quantitative estimate of drug-likeness (QED) is 0.255. The van der Waals surface area contributed by atoms with Crippen molar-refractivity contribution < 1.29 is 24.2 Å². The van der Waals surface area contributed by atoms with Crippen LogP contribution < -0.4 is 4.90 Å². The molecule has 0 aliphatic carbocycles. The van der Waals surface area contributed by atoms with E-state index in [0.717, 1.165) is 22.9 Å². The number of carbonyl (C=O) groups excluding carboxylic acids is 3. The molecule has 0 saturated carbocycles. The summed E-state index contributed by atoms with van der Waals surface area (Å²) in [5, 5.41) is 12.3. The minimum Gasteiger partial charge on any atom is -0.465 e. The number of esters is 1. The van der Waals surface area contributed by atoms with Gasteiger partial charge in [-0.3, -0.25) is 14.4 Å². The van der Waals surface area contributed by atoms with E-state index in [0.29, 0.717) is 19.3 Å². The molecule has 0 radical (unpaired) electrons. The van der Waals surface area contributed by atoms with Crippen LogP contribution >= 0.6 is 11.8 Å². The number of thioether (sulfide) groups is 1. The first-order valence-corrected chi connectivity index (χ1v) is 14.6. The lowest BCUT2D eigenvalue weighted by Gasteiger charge is -2.39. The Hall–Kier alpha value is -3.10. The Morgan fingerprint density at radius 2 is 2.00 bits per heavy atom. The van der Waals surface area contributed by atoms with Gasteiger partial charge < -0.3 is 19.6 Å². The first kappa shape index (κ1) is 27.5. The van der Waals surface area contributed by atoms with Gasteiger partial charge in [0, 0.05) is 17.5 Å². The van der Waals surface area contributed by atoms with Crippen LogP contribution in [0.5, 0.6) is 0 Å². The van der Waals surface area contributed by atoms with Gasteiger partial charge >= 0.3 is 5.97 Å². The van der Waals surface area contributed by atoms with Crippen molar-refractivity contribution in [2.75, 3.05) is 24.7 Å². The maximum absolute atomic E-state index is 14.6. The van der Waals surface area contributed by atoms with Gasteiger partial charge in [0.25, 0.3) is 5.91 Å². The zero-order valence-corrected chi connectivity index (χ0v) is 23.1. The zero-order chi connectivity index (χ0) is 27.7. The van der Waals surface area contributed by atoms with Crippen molar-refractivity contribution in [2.45, 2.75) is 54.7 Å². The third kappa shape index (κ3) is 4.47. The van der Waals surface area contributed by atoms with E-state index in [9.17, 15) is 19.5 Å². The number of rotatable bonds is 11. The third-order valence-electron chi connectivity index (χ3n) is 8.51. The van der Waals surface area contributed by atoms with Crippen LogP contribution in [-0.4, -0.2) is 69.6 Å². The highest BCUT2D eigenvalue weighted by atomic mass is 32.2. The minimum absolute atomic E-state index is 0.0737. The molecule has 2 bridgehead atoms. The zero-order valence-electron chi connectivity index (χ0n) is 22.3. The molecule has 2 aromatic carbocycles. The second kappa shape index (κ2) is 11.2. The molecule has 2 aromatic rings. The summed E-state index contributed by atoms with van der Waals surface area (Å²) in [6.07, 6.45) is 5.80. The molecule has 5 rings (SSSR count). The number of benzene rings is 2. The Labute approximate surface area is 233 Å². The molecule has 3 saturated heterocycles. The molecule has 8 heteroatoms. The Bertz CT molecular complexity index is 1290. The molecular formula is C31H36N2O5S. The molecule has 3 aliphatic rings. The Morgan fingerprint density at radius 3 is 2.69 bits per heavy atom. The average molecular weight is 549 g/mol. The fourth-order valence-corrected chi connectivity index (χ4v) is 8.92. The lowest BCUT2D eigenvalue weighted by atomic mass is 9.71. The lowest BCUT2D eigenvalue weighted by Crippen LogP contribution is -2.57. The summed E-state index contributed by atoms with van der Waals surface area (Å²) in [7, 11) is 0. The summed E-state index contributed by atoms with van der Waals surface area (Å²) >= 11 is 1.60. The van der Waals surface area contributed by atoms with Crippen LogP contribution in [0.4, 0.5) is 5.69 Å². The van der Waals surface area contributed by atoms with Gasteiger partial charge in [0.1, 0.15) is 6.04 Å². The van der Waals surface area contributed by atoms with Gasteiger partial charge in [0.05, 0.1) is 35.8 Å². The maximum Gasteiger partial charge on any atom is 0.310 e. The number of fused-ring (bicyclic) bond motifs is 2. The summed E-state index contributed by atoms with van der Waals surface area (Å²) in [6.45, 7) is 9.71. The standard InChI is InChI=1S/C31H36N2O5S/c1-4-7-17-38-30(37)25-24-14-15-31(39-24)26(25)28(35)33(22(6-3)19-34)27(31)29(36)32(16-5-2)23-13-12-20-10-8-9-11-21(20)18-23/h4-5,8-13,18,22,24-27,34H,1-2,6-7,14-17,19H2,3H3/t22-,24+,25-,26-,27?,31?/m0/s1. The molecule has 2 amide bonds. The van der Waals surface area contributed by atoms with Gasteiger partial charge in [-0.1, -0.05) is 49.4 Å². The first-order valence-electron chi connectivity index (χ1n) is 13.7. The van der Waals surface area contributed by atoms with Crippen molar-refractivity contribution in [3.63, 3.8) is 0 Å². The number of ether oxygens (including phenoxy) is 1. The fraction of sp³-hybridized carbons (Fsp3) is 0.452. The van der Waals surface area contributed by atoms with Gasteiger partial charge in [-0.15, -0.1) is 24.9 Å². The number of aliphatic hydroxyl groups excluding tert-OH is 1. The molecule has 3 aliphatic heterocycles. The van der Waals surface area contributed by atoms with Gasteiger partial charge in [-0.2, -0.15) is 0 Å². The van der Waals surface area contributed by atoms with E-state index in [1.54, 1.807) is 33.7 Å². The Kier molecular flexibility index (Phi) is 7.87. The average Bonchev–Trinajstić information content (AvgIpc) is 3.60. The summed E-state index contributed by atoms with van der Waals surface area (Å²) < 4.78 is 4.81. The number of hydrogen-bond donors (Lipinski definition) is 1. The van der Waals surface area contributed by atoms with Crippen LogP contribution in [0.15, 0.2) is 67.8 Å². The summed E-state index contributed by atoms with van der Waals surface area (Å²) in [5.74, 6) is -2.08. The molecule has 206 valence electrons. The topological polar surface area (TPSA) is 87.1 Å². The van der Waals surface area contributed by atoms with E-state index in [-0.39, 0.29) is 42.8 Å². The summed E-state index contributed by atoms with van der Waals surface area (Å²) in [5.41, 5.74) is 0.723. The summed E-state index contributed by atoms with van der Waals surface area (Å²) in [4.78, 5) is 45.4. The normalized spacial score (nSPS) is 27.8. The van der Waals surface area contributed by atoms with Crippen LogP contribution in [0, 0.1) is 11.8 Å². The van der Waals surface area contributed by atoms with Crippen LogP contribution in [0.3, 0.4) is 0 Å². The highest BCUT2D eigenvalue weighted by Gasteiger charge is 2.74. The first-order chi connectivity index (χ1) is 18.9. The van der Waals surface area contributed by atoms with Crippen molar-refractivity contribution in [1.29, 1.82) is 0 Å². The van der Waals surface area contributed by atoms with Crippen LogP contribution in [0.1, 0.15) is 32.6 Å². The lowest BCUT2D eigenvalue weighted by molar-refractivity contribution is -0.154. The molecule has 39 heavy (non-hydrogen) atoms. The van der Waals surface area contributed by atoms with E-state index in [2.05, 4.69) is 13.2 Å². The molecule has 0 aromatic heterocycles. The predicted molar refractivity (Wildman–Crippen MR) is 154 cm³/mol. The van der Waals surface area contributed by atoms with Gasteiger partial charge in [-0.25, -0.2) is 0 Å². The monoisotopic (exact) mass is 548 g/mol. The number of carbonyl (C=O) groups is 3. The Balaban J connectivity index is 1.56. The van der Waals surface area contributed by atoms with Crippen LogP contribution in [0.25, 0.3) is 10.8 Å². The van der Waals surface area contributed by atoms with Gasteiger partial charge in [-0.05, 0) is 48.6 Å². The molecule has 1 spiro atoms. The predicted octanol–water partition coefficient (Wildman–Crippen LogP) is 4.34. The molecule has 7 nitrogen and oxygen atoms in total. The number of anilines is 1. The van der Waals surface area contributed by atoms with Crippen molar-refractivity contribution in [3.05, 3.63) is 67.8 Å². The van der Waals surface area contributed by atoms with Crippen molar-refractivity contribution in [3.8, 4) is 0 Å². The van der Waals surface area contributed by atoms with E-state index < -0.39 is 28.7 Å². The van der Waals surface area contributed by atoms with E-state index in [4.69, 9.17) is 4.74 Å². The SMILES string of the molecule is C=CCCOC(=O)[C@@H]1[C@H]2C(=O)N([C@@H](CC)CO)C(C(=O)N(CC=C)c3ccc4ccccc4c3)C23CC[C@H]1S3. The molecule has 6 atom stereocenters. The van der Waals surface area contributed by atoms with E-state index in [1.807, 2.05) is 49.4 Å². The van der Waals surface area contributed by atoms with Crippen LogP contribution in [0.2, 0.25) is 0 Å². The number of hydrogen-bond acceptors (Lipinski definition) is 6. The van der Waals surface area contributed by atoms with E-state index >= 15 is 0 Å². The second-order valence-corrected chi connectivity index (χ2v) is 12.2. The maximum atomic E-state index is 14.6. The number of likely N-dealkylation sites (tertiary alicyclic amines) is 1. The van der Waals surface area contributed by atoms with Gasteiger partial charge in [0.15, 0.2) is 0 Å². The van der Waals surface area contributed by atoms with Crippen molar-refractivity contribution >= 4 is 46.0 Å². The number of nitrogens with zero attached hydrogens (tertiary/aromatic N) is 2. The largest absolute Gasteiger partial charge is 0.465 e. The highest BCUT2D eigenvalue weighted by molar-refractivity contribution is 8.02. The van der Waals surface area contributed by atoms with Crippen molar-refractivity contribution in [2.24, 2.45) is 11.8 Å².